The molecule has 0 radical (unpaired) electrons. The predicted molar refractivity (Wildman–Crippen MR) is 65.7 cm³/mol. The fourth-order valence-electron chi connectivity index (χ4n) is 2.20. The third kappa shape index (κ3) is 1.59. The van der Waals surface area contributed by atoms with Crippen LogP contribution in [0.25, 0.3) is 5.69 Å². The number of benzene rings is 1. The van der Waals surface area contributed by atoms with Crippen LogP contribution in [-0.2, 0) is 13.2 Å². The van der Waals surface area contributed by atoms with Crippen molar-refractivity contribution in [3.05, 3.63) is 35.4 Å². The Bertz CT molecular complexity index is 590. The maximum absolute atomic E-state index is 9.10. The molecular formula is C13H15N3O2. The number of aromatic nitrogens is 3. The normalized spacial score (nSPS) is 13.1. The highest BCUT2D eigenvalue weighted by atomic mass is 16.5. The van der Waals surface area contributed by atoms with Crippen LogP contribution in [0.4, 0.5) is 0 Å². The fourth-order valence-corrected chi connectivity index (χ4v) is 2.20. The third-order valence-electron chi connectivity index (χ3n) is 3.08. The molecule has 0 bridgehead atoms. The predicted octanol–water partition coefficient (Wildman–Crippen LogP) is 1.78. The summed E-state index contributed by atoms with van der Waals surface area (Å²) in [5.41, 5.74) is 2.06. The summed E-state index contributed by atoms with van der Waals surface area (Å²) < 4.78 is 7.56. The van der Waals surface area contributed by atoms with Crippen molar-refractivity contribution in [3.8, 4) is 11.4 Å². The summed E-state index contributed by atoms with van der Waals surface area (Å²) in [6.07, 6.45) is 0. The summed E-state index contributed by atoms with van der Waals surface area (Å²) in [7, 11) is 0. The van der Waals surface area contributed by atoms with Gasteiger partial charge in [-0.2, -0.15) is 0 Å². The molecule has 1 aromatic carbocycles. The van der Waals surface area contributed by atoms with Crippen molar-refractivity contribution in [1.29, 1.82) is 0 Å². The minimum Gasteiger partial charge on any atom is -0.483 e. The maximum Gasteiger partial charge on any atom is 0.176 e. The summed E-state index contributed by atoms with van der Waals surface area (Å²) in [6, 6.07) is 6.02. The van der Waals surface area contributed by atoms with Crippen LogP contribution in [0.2, 0.25) is 0 Å². The second-order valence-corrected chi connectivity index (χ2v) is 4.65. The summed E-state index contributed by atoms with van der Waals surface area (Å²) in [5, 5.41) is 13.4. The first-order chi connectivity index (χ1) is 8.70. The van der Waals surface area contributed by atoms with E-state index in [2.05, 4.69) is 30.0 Å². The topological polar surface area (TPSA) is 60.2 Å². The number of rotatable bonds is 2. The van der Waals surface area contributed by atoms with Crippen LogP contribution in [0.15, 0.2) is 18.2 Å². The highest BCUT2D eigenvalue weighted by Crippen LogP contribution is 2.35. The molecular weight excluding hydrogens is 230 g/mol. The fraction of sp³-hybridized carbons (Fsp3) is 0.385. The summed E-state index contributed by atoms with van der Waals surface area (Å²) in [6.45, 7) is 4.51. The van der Waals surface area contributed by atoms with Crippen LogP contribution in [0.1, 0.15) is 37.0 Å². The molecule has 1 N–H and O–H groups in total. The highest BCUT2D eigenvalue weighted by molar-refractivity contribution is 5.54. The number of aliphatic hydroxyl groups is 1. The standard InChI is InChI=1S/C13H15N3O2/c1-8(2)9-4-3-5-10-13(9)18-7-12-14-11(6-17)15-16(10)12/h3-5,8,17H,6-7H2,1-2H3. The number of aliphatic hydroxyl groups excluding tert-OH is 1. The third-order valence-corrected chi connectivity index (χ3v) is 3.08. The van der Waals surface area contributed by atoms with Crippen molar-refractivity contribution in [3.63, 3.8) is 0 Å². The summed E-state index contributed by atoms with van der Waals surface area (Å²) in [4.78, 5) is 4.22. The molecule has 1 aliphatic rings. The molecule has 1 aliphatic heterocycles. The van der Waals surface area contributed by atoms with Gasteiger partial charge in [0.25, 0.3) is 0 Å². The van der Waals surface area contributed by atoms with Gasteiger partial charge in [0.1, 0.15) is 24.7 Å². The lowest BCUT2D eigenvalue weighted by molar-refractivity contribution is 0.270. The van der Waals surface area contributed by atoms with E-state index in [1.54, 1.807) is 4.68 Å². The zero-order valence-corrected chi connectivity index (χ0v) is 10.4. The smallest absolute Gasteiger partial charge is 0.176 e. The van der Waals surface area contributed by atoms with Crippen LogP contribution in [-0.4, -0.2) is 19.9 Å². The average molecular weight is 245 g/mol. The van der Waals surface area contributed by atoms with Crippen molar-refractivity contribution in [2.45, 2.75) is 33.0 Å². The number of hydrogen-bond acceptors (Lipinski definition) is 4. The Morgan fingerprint density at radius 3 is 3.00 bits per heavy atom. The lowest BCUT2D eigenvalue weighted by Gasteiger charge is -2.22. The summed E-state index contributed by atoms with van der Waals surface area (Å²) >= 11 is 0. The van der Waals surface area contributed by atoms with Gasteiger partial charge in [0, 0.05) is 0 Å². The monoisotopic (exact) mass is 245 g/mol. The zero-order chi connectivity index (χ0) is 12.7. The molecule has 2 heterocycles. The molecule has 1 aromatic heterocycles. The van der Waals surface area contributed by atoms with Crippen molar-refractivity contribution in [2.24, 2.45) is 0 Å². The Hall–Kier alpha value is -1.88. The second kappa shape index (κ2) is 4.10. The SMILES string of the molecule is CC(C)c1cccc2c1OCc1nc(CO)nn1-2. The van der Waals surface area contributed by atoms with Crippen molar-refractivity contribution < 1.29 is 9.84 Å². The van der Waals surface area contributed by atoms with Gasteiger partial charge in [0.2, 0.25) is 0 Å². The molecule has 0 saturated heterocycles. The molecule has 18 heavy (non-hydrogen) atoms. The van der Waals surface area contributed by atoms with E-state index in [9.17, 15) is 0 Å². The second-order valence-electron chi connectivity index (χ2n) is 4.65. The number of fused-ring (bicyclic) bond motifs is 3. The lowest BCUT2D eigenvalue weighted by Crippen LogP contribution is -2.15. The molecule has 0 atom stereocenters. The Balaban J connectivity index is 2.18. The van der Waals surface area contributed by atoms with E-state index in [1.807, 2.05) is 12.1 Å². The summed E-state index contributed by atoms with van der Waals surface area (Å²) in [5.74, 6) is 2.42. The van der Waals surface area contributed by atoms with E-state index in [4.69, 9.17) is 9.84 Å². The quantitative estimate of drug-likeness (QED) is 0.876. The number of para-hydroxylation sites is 1. The number of hydrogen-bond donors (Lipinski definition) is 1. The first-order valence-corrected chi connectivity index (χ1v) is 6.02. The van der Waals surface area contributed by atoms with Gasteiger partial charge in [0.05, 0.1) is 0 Å². The number of ether oxygens (including phenoxy) is 1. The van der Waals surface area contributed by atoms with Crippen LogP contribution >= 0.6 is 0 Å². The van der Waals surface area contributed by atoms with Crippen molar-refractivity contribution in [2.75, 3.05) is 0 Å². The Kier molecular flexibility index (Phi) is 2.56. The molecule has 5 nitrogen and oxygen atoms in total. The first-order valence-electron chi connectivity index (χ1n) is 6.02. The van der Waals surface area contributed by atoms with Crippen molar-refractivity contribution in [1.82, 2.24) is 14.8 Å². The van der Waals surface area contributed by atoms with Crippen LogP contribution in [0.3, 0.4) is 0 Å². The number of nitrogens with zero attached hydrogens (tertiary/aromatic N) is 3. The van der Waals surface area contributed by atoms with E-state index in [1.165, 1.54) is 5.56 Å². The van der Waals surface area contributed by atoms with Gasteiger partial charge in [-0.15, -0.1) is 5.10 Å². The van der Waals surface area contributed by atoms with Gasteiger partial charge in [-0.3, -0.25) is 0 Å². The molecule has 3 rings (SSSR count). The van der Waals surface area contributed by atoms with Crippen molar-refractivity contribution >= 4 is 0 Å². The van der Waals surface area contributed by atoms with Gasteiger partial charge < -0.3 is 9.84 Å². The Labute approximate surface area is 105 Å². The molecule has 5 heteroatoms. The van der Waals surface area contributed by atoms with E-state index in [0.717, 1.165) is 17.3 Å². The average Bonchev–Trinajstić information content (AvgIpc) is 2.81. The molecule has 0 amide bonds. The molecule has 0 spiro atoms. The Morgan fingerprint density at radius 2 is 2.28 bits per heavy atom. The van der Waals surface area contributed by atoms with E-state index in [0.29, 0.717) is 18.3 Å². The minimum absolute atomic E-state index is 0.154. The Morgan fingerprint density at radius 1 is 1.44 bits per heavy atom. The molecule has 2 aromatic rings. The van der Waals surface area contributed by atoms with Gasteiger partial charge in [0.15, 0.2) is 11.6 Å². The van der Waals surface area contributed by atoms with Gasteiger partial charge >= 0.3 is 0 Å². The largest absolute Gasteiger partial charge is 0.483 e. The maximum atomic E-state index is 9.10. The van der Waals surface area contributed by atoms with Crippen LogP contribution < -0.4 is 4.74 Å². The minimum atomic E-state index is -0.154. The van der Waals surface area contributed by atoms with Gasteiger partial charge in [-0.25, -0.2) is 9.67 Å². The molecule has 0 aliphatic carbocycles. The van der Waals surface area contributed by atoms with E-state index in [-0.39, 0.29) is 6.61 Å². The zero-order valence-electron chi connectivity index (χ0n) is 10.4. The van der Waals surface area contributed by atoms with Gasteiger partial charge in [-0.1, -0.05) is 26.0 Å². The molecule has 94 valence electrons. The van der Waals surface area contributed by atoms with E-state index < -0.39 is 0 Å². The first kappa shape index (κ1) is 11.2. The molecule has 0 unspecified atom stereocenters. The molecule has 0 saturated carbocycles. The lowest BCUT2D eigenvalue weighted by atomic mass is 10.0. The molecule has 0 fully saturated rings. The van der Waals surface area contributed by atoms with Gasteiger partial charge in [-0.05, 0) is 17.5 Å². The van der Waals surface area contributed by atoms with Crippen LogP contribution in [0.5, 0.6) is 5.75 Å². The van der Waals surface area contributed by atoms with Crippen LogP contribution in [0, 0.1) is 0 Å². The highest BCUT2D eigenvalue weighted by Gasteiger charge is 2.23. The van der Waals surface area contributed by atoms with E-state index >= 15 is 0 Å².